The lowest BCUT2D eigenvalue weighted by Gasteiger charge is -2.12. The first-order chi connectivity index (χ1) is 9.08. The summed E-state index contributed by atoms with van der Waals surface area (Å²) in [6.45, 7) is 7.10. The highest BCUT2D eigenvalue weighted by atomic mass is 16.5. The van der Waals surface area contributed by atoms with Crippen LogP contribution in [-0.4, -0.2) is 7.05 Å². The maximum Gasteiger partial charge on any atom is 0.130 e. The van der Waals surface area contributed by atoms with Crippen molar-refractivity contribution >= 4 is 0 Å². The van der Waals surface area contributed by atoms with E-state index in [-0.39, 0.29) is 0 Å². The van der Waals surface area contributed by atoms with E-state index < -0.39 is 0 Å². The van der Waals surface area contributed by atoms with Crippen LogP contribution in [0.4, 0.5) is 0 Å². The summed E-state index contributed by atoms with van der Waals surface area (Å²) < 4.78 is 6.03. The molecule has 0 radical (unpaired) electrons. The summed E-state index contributed by atoms with van der Waals surface area (Å²) in [4.78, 5) is 0. The van der Waals surface area contributed by atoms with Crippen molar-refractivity contribution in [1.29, 1.82) is 0 Å². The van der Waals surface area contributed by atoms with E-state index >= 15 is 0 Å². The van der Waals surface area contributed by atoms with Gasteiger partial charge in [-0.1, -0.05) is 18.2 Å². The summed E-state index contributed by atoms with van der Waals surface area (Å²) >= 11 is 0. The van der Waals surface area contributed by atoms with E-state index in [0.717, 1.165) is 23.6 Å². The Morgan fingerprint density at radius 2 is 1.63 bits per heavy atom. The summed E-state index contributed by atoms with van der Waals surface area (Å²) in [6, 6.07) is 12.6. The van der Waals surface area contributed by atoms with Gasteiger partial charge in [0.1, 0.15) is 11.5 Å². The van der Waals surface area contributed by atoms with Crippen molar-refractivity contribution in [3.8, 4) is 11.5 Å². The second-order valence-corrected chi connectivity index (χ2v) is 5.06. The summed E-state index contributed by atoms with van der Waals surface area (Å²) in [6.07, 6.45) is 0. The standard InChI is InChI=1S/C17H21NO/c1-12-7-13(2)9-16(8-12)19-17-10-15(11-18-4)6-5-14(17)3/h5-10,18H,11H2,1-4H3. The maximum absolute atomic E-state index is 6.03. The lowest BCUT2D eigenvalue weighted by atomic mass is 10.1. The van der Waals surface area contributed by atoms with Gasteiger partial charge in [-0.3, -0.25) is 0 Å². The molecule has 2 heteroatoms. The van der Waals surface area contributed by atoms with Crippen molar-refractivity contribution in [1.82, 2.24) is 5.32 Å². The topological polar surface area (TPSA) is 21.3 Å². The lowest BCUT2D eigenvalue weighted by molar-refractivity contribution is 0.477. The number of nitrogens with one attached hydrogen (secondary N) is 1. The molecule has 2 aromatic carbocycles. The fourth-order valence-corrected chi connectivity index (χ4v) is 2.19. The van der Waals surface area contributed by atoms with Crippen molar-refractivity contribution in [2.75, 3.05) is 7.05 Å². The second-order valence-electron chi connectivity index (χ2n) is 5.06. The normalized spacial score (nSPS) is 10.5. The average Bonchev–Trinajstić information content (AvgIpc) is 2.32. The van der Waals surface area contributed by atoms with Crippen molar-refractivity contribution in [2.45, 2.75) is 27.3 Å². The van der Waals surface area contributed by atoms with Crippen LogP contribution in [0, 0.1) is 20.8 Å². The van der Waals surface area contributed by atoms with Crippen LogP contribution in [0.15, 0.2) is 36.4 Å². The minimum absolute atomic E-state index is 0.851. The van der Waals surface area contributed by atoms with E-state index in [0.29, 0.717) is 0 Å². The van der Waals surface area contributed by atoms with E-state index in [1.54, 1.807) is 0 Å². The molecule has 0 fully saturated rings. The van der Waals surface area contributed by atoms with E-state index in [9.17, 15) is 0 Å². The molecule has 0 aromatic heterocycles. The highest BCUT2D eigenvalue weighted by Crippen LogP contribution is 2.27. The molecule has 0 amide bonds. The Bertz CT molecular complexity index is 555. The Labute approximate surface area is 115 Å². The Morgan fingerprint density at radius 1 is 0.947 bits per heavy atom. The first kappa shape index (κ1) is 13.6. The van der Waals surface area contributed by atoms with Crippen LogP contribution in [0.1, 0.15) is 22.3 Å². The predicted molar refractivity (Wildman–Crippen MR) is 79.9 cm³/mol. The fraction of sp³-hybridized carbons (Fsp3) is 0.294. The van der Waals surface area contributed by atoms with Gasteiger partial charge in [-0.25, -0.2) is 0 Å². The molecule has 0 heterocycles. The quantitative estimate of drug-likeness (QED) is 0.887. The lowest BCUT2D eigenvalue weighted by Crippen LogP contribution is -2.05. The molecule has 0 bridgehead atoms. The van der Waals surface area contributed by atoms with Crippen molar-refractivity contribution < 1.29 is 4.74 Å². The number of rotatable bonds is 4. The van der Waals surface area contributed by atoms with Gasteiger partial charge < -0.3 is 10.1 Å². The molecule has 100 valence electrons. The van der Waals surface area contributed by atoms with Crippen LogP contribution in [0.3, 0.4) is 0 Å². The minimum Gasteiger partial charge on any atom is -0.457 e. The summed E-state index contributed by atoms with van der Waals surface area (Å²) in [5.41, 5.74) is 4.82. The Balaban J connectivity index is 2.28. The summed E-state index contributed by atoms with van der Waals surface area (Å²) in [5, 5.41) is 3.16. The second kappa shape index (κ2) is 5.89. The Kier molecular flexibility index (Phi) is 4.23. The molecule has 0 spiro atoms. The third-order valence-electron chi connectivity index (χ3n) is 3.06. The molecule has 2 nitrogen and oxygen atoms in total. The molecule has 0 aliphatic heterocycles. The van der Waals surface area contributed by atoms with Gasteiger partial charge in [0, 0.05) is 6.54 Å². The average molecular weight is 255 g/mol. The van der Waals surface area contributed by atoms with Gasteiger partial charge in [0.15, 0.2) is 0 Å². The highest BCUT2D eigenvalue weighted by Gasteiger charge is 2.04. The smallest absolute Gasteiger partial charge is 0.130 e. The first-order valence-corrected chi connectivity index (χ1v) is 6.59. The Morgan fingerprint density at radius 3 is 2.26 bits per heavy atom. The monoisotopic (exact) mass is 255 g/mol. The molecule has 0 atom stereocenters. The molecule has 0 unspecified atom stereocenters. The van der Waals surface area contributed by atoms with Crippen LogP contribution in [0.2, 0.25) is 0 Å². The van der Waals surface area contributed by atoms with Crippen LogP contribution in [0.25, 0.3) is 0 Å². The van der Waals surface area contributed by atoms with Gasteiger partial charge in [0.2, 0.25) is 0 Å². The molecule has 0 aliphatic carbocycles. The van der Waals surface area contributed by atoms with E-state index in [2.05, 4.69) is 62.5 Å². The highest BCUT2D eigenvalue weighted by molar-refractivity contribution is 5.42. The molecule has 1 N–H and O–H groups in total. The van der Waals surface area contributed by atoms with Gasteiger partial charge in [0.05, 0.1) is 0 Å². The van der Waals surface area contributed by atoms with E-state index in [4.69, 9.17) is 4.74 Å². The number of hydrogen-bond donors (Lipinski definition) is 1. The Hall–Kier alpha value is -1.80. The van der Waals surface area contributed by atoms with Crippen LogP contribution in [0.5, 0.6) is 11.5 Å². The predicted octanol–water partition coefficient (Wildman–Crippen LogP) is 4.12. The SMILES string of the molecule is CNCc1ccc(C)c(Oc2cc(C)cc(C)c2)c1. The van der Waals surface area contributed by atoms with Crippen LogP contribution >= 0.6 is 0 Å². The number of aryl methyl sites for hydroxylation is 3. The third kappa shape index (κ3) is 3.58. The number of hydrogen-bond acceptors (Lipinski definition) is 2. The van der Waals surface area contributed by atoms with E-state index in [1.807, 2.05) is 7.05 Å². The summed E-state index contributed by atoms with van der Waals surface area (Å²) in [5.74, 6) is 1.83. The molecule has 0 aliphatic rings. The van der Waals surface area contributed by atoms with Gasteiger partial charge in [-0.2, -0.15) is 0 Å². The van der Waals surface area contributed by atoms with Gasteiger partial charge in [-0.05, 0) is 68.3 Å². The molecule has 2 aromatic rings. The molecule has 0 saturated carbocycles. The fourth-order valence-electron chi connectivity index (χ4n) is 2.19. The number of benzene rings is 2. The zero-order chi connectivity index (χ0) is 13.8. The van der Waals surface area contributed by atoms with Crippen LogP contribution in [-0.2, 0) is 6.54 Å². The van der Waals surface area contributed by atoms with Crippen LogP contribution < -0.4 is 10.1 Å². The number of ether oxygens (including phenoxy) is 1. The molecular weight excluding hydrogens is 234 g/mol. The minimum atomic E-state index is 0.851. The molecule has 2 rings (SSSR count). The van der Waals surface area contributed by atoms with Crippen molar-refractivity contribution in [3.63, 3.8) is 0 Å². The zero-order valence-electron chi connectivity index (χ0n) is 12.1. The molecule has 19 heavy (non-hydrogen) atoms. The third-order valence-corrected chi connectivity index (χ3v) is 3.06. The van der Waals surface area contributed by atoms with Crippen molar-refractivity contribution in [2.24, 2.45) is 0 Å². The largest absolute Gasteiger partial charge is 0.457 e. The maximum atomic E-state index is 6.03. The van der Waals surface area contributed by atoms with Gasteiger partial charge in [-0.15, -0.1) is 0 Å². The van der Waals surface area contributed by atoms with Gasteiger partial charge >= 0.3 is 0 Å². The van der Waals surface area contributed by atoms with Crippen molar-refractivity contribution in [3.05, 3.63) is 58.7 Å². The summed E-state index contributed by atoms with van der Waals surface area (Å²) in [7, 11) is 1.95. The molecular formula is C17H21NO. The van der Waals surface area contributed by atoms with E-state index in [1.165, 1.54) is 16.7 Å². The first-order valence-electron chi connectivity index (χ1n) is 6.59. The molecule has 0 saturated heterocycles. The van der Waals surface area contributed by atoms with Gasteiger partial charge in [0.25, 0.3) is 0 Å². The zero-order valence-corrected chi connectivity index (χ0v) is 12.1.